The zero-order chi connectivity index (χ0) is 18.8. The maximum atomic E-state index is 12.8. The van der Waals surface area contributed by atoms with Gasteiger partial charge >= 0.3 is 0 Å². The minimum atomic E-state index is -0.221. The third kappa shape index (κ3) is 3.53. The first kappa shape index (κ1) is 17.2. The van der Waals surface area contributed by atoms with Crippen molar-refractivity contribution in [3.05, 3.63) is 77.1 Å². The smallest absolute Gasteiger partial charge is 0.274 e. The molecule has 1 aliphatic heterocycles. The number of amides is 1. The van der Waals surface area contributed by atoms with Crippen molar-refractivity contribution in [2.75, 3.05) is 16.8 Å². The van der Waals surface area contributed by atoms with Gasteiger partial charge in [0.25, 0.3) is 5.91 Å². The number of aromatic nitrogens is 2. The molecule has 0 saturated carbocycles. The molecule has 0 atom stereocenters. The summed E-state index contributed by atoms with van der Waals surface area (Å²) in [6.45, 7) is 4.71. The molecule has 4 rings (SSSR count). The highest BCUT2D eigenvalue weighted by Crippen LogP contribution is 2.31. The first-order chi connectivity index (χ1) is 13.1. The Hall–Kier alpha value is -3.21. The van der Waals surface area contributed by atoms with Gasteiger partial charge < -0.3 is 10.2 Å². The average Bonchev–Trinajstić information content (AvgIpc) is 2.69. The Morgan fingerprint density at radius 3 is 2.67 bits per heavy atom. The van der Waals surface area contributed by atoms with E-state index in [0.29, 0.717) is 11.6 Å². The highest BCUT2D eigenvalue weighted by molar-refractivity contribution is 6.03. The Morgan fingerprint density at radius 1 is 1.04 bits per heavy atom. The lowest BCUT2D eigenvalue weighted by molar-refractivity contribution is 0.102. The van der Waals surface area contributed by atoms with Crippen LogP contribution in [0.4, 0.5) is 17.3 Å². The molecule has 1 aromatic heterocycles. The molecule has 0 saturated heterocycles. The van der Waals surface area contributed by atoms with E-state index in [-0.39, 0.29) is 5.91 Å². The van der Waals surface area contributed by atoms with E-state index >= 15 is 0 Å². The number of fused-ring (bicyclic) bond motifs is 1. The van der Waals surface area contributed by atoms with Gasteiger partial charge in [0.2, 0.25) is 5.95 Å². The fourth-order valence-electron chi connectivity index (χ4n) is 3.43. The number of hydrogen-bond acceptors (Lipinski definition) is 4. The lowest BCUT2D eigenvalue weighted by Gasteiger charge is -2.29. The first-order valence-corrected chi connectivity index (χ1v) is 9.20. The molecule has 0 spiro atoms. The average molecular weight is 358 g/mol. The molecule has 0 radical (unpaired) electrons. The molecule has 3 aromatic rings. The third-order valence-corrected chi connectivity index (χ3v) is 4.82. The van der Waals surface area contributed by atoms with Gasteiger partial charge in [0.1, 0.15) is 5.69 Å². The van der Waals surface area contributed by atoms with Gasteiger partial charge in [-0.15, -0.1) is 0 Å². The van der Waals surface area contributed by atoms with Crippen LogP contribution in [0.3, 0.4) is 0 Å². The number of carbonyl (C=O) groups is 1. The van der Waals surface area contributed by atoms with E-state index in [9.17, 15) is 4.79 Å². The normalized spacial score (nSPS) is 13.2. The maximum Gasteiger partial charge on any atom is 0.274 e. The zero-order valence-corrected chi connectivity index (χ0v) is 15.6. The van der Waals surface area contributed by atoms with Crippen molar-refractivity contribution in [3.8, 4) is 0 Å². The van der Waals surface area contributed by atoms with E-state index in [2.05, 4.69) is 38.4 Å². The van der Waals surface area contributed by atoms with Gasteiger partial charge in [0.15, 0.2) is 0 Å². The summed E-state index contributed by atoms with van der Waals surface area (Å²) < 4.78 is 0. The van der Waals surface area contributed by atoms with Crippen LogP contribution in [0.5, 0.6) is 0 Å². The summed E-state index contributed by atoms with van der Waals surface area (Å²) in [4.78, 5) is 24.1. The van der Waals surface area contributed by atoms with Crippen LogP contribution in [0.2, 0.25) is 0 Å². The van der Waals surface area contributed by atoms with E-state index < -0.39 is 0 Å². The minimum absolute atomic E-state index is 0.221. The van der Waals surface area contributed by atoms with Crippen molar-refractivity contribution in [2.24, 2.45) is 0 Å². The molecule has 1 aliphatic rings. The third-order valence-electron chi connectivity index (χ3n) is 4.82. The number of para-hydroxylation sites is 2. The van der Waals surface area contributed by atoms with Gasteiger partial charge in [-0.25, -0.2) is 9.97 Å². The SMILES string of the molecule is Cc1cc(C(=O)Nc2ccccc2C)nc(N2CCCc3ccccc32)n1. The second kappa shape index (κ2) is 7.19. The van der Waals surface area contributed by atoms with Crippen LogP contribution in [-0.2, 0) is 6.42 Å². The molecule has 27 heavy (non-hydrogen) atoms. The van der Waals surface area contributed by atoms with Crippen LogP contribution < -0.4 is 10.2 Å². The highest BCUT2D eigenvalue weighted by Gasteiger charge is 2.21. The van der Waals surface area contributed by atoms with E-state index in [4.69, 9.17) is 0 Å². The molecule has 0 aliphatic carbocycles. The van der Waals surface area contributed by atoms with E-state index in [0.717, 1.165) is 42.0 Å². The fraction of sp³-hybridized carbons (Fsp3) is 0.227. The summed E-state index contributed by atoms with van der Waals surface area (Å²) in [7, 11) is 0. The predicted molar refractivity (Wildman–Crippen MR) is 108 cm³/mol. The van der Waals surface area contributed by atoms with Crippen LogP contribution >= 0.6 is 0 Å². The monoisotopic (exact) mass is 358 g/mol. The summed E-state index contributed by atoms with van der Waals surface area (Å²) in [5.74, 6) is 0.360. The van der Waals surface area contributed by atoms with Crippen molar-refractivity contribution in [1.29, 1.82) is 0 Å². The number of rotatable bonds is 3. The Labute approximate surface area is 159 Å². The molecule has 5 nitrogen and oxygen atoms in total. The lowest BCUT2D eigenvalue weighted by Crippen LogP contribution is -2.27. The molecule has 5 heteroatoms. The molecule has 0 unspecified atom stereocenters. The molecule has 136 valence electrons. The van der Waals surface area contributed by atoms with Crippen molar-refractivity contribution in [3.63, 3.8) is 0 Å². The highest BCUT2D eigenvalue weighted by atomic mass is 16.1. The molecule has 0 bridgehead atoms. The Bertz CT molecular complexity index is 999. The van der Waals surface area contributed by atoms with Crippen molar-refractivity contribution < 1.29 is 4.79 Å². The van der Waals surface area contributed by atoms with E-state index in [1.165, 1.54) is 5.56 Å². The second-order valence-electron chi connectivity index (χ2n) is 6.85. The maximum absolute atomic E-state index is 12.8. The van der Waals surface area contributed by atoms with E-state index in [1.807, 2.05) is 44.2 Å². The van der Waals surface area contributed by atoms with Crippen LogP contribution in [0, 0.1) is 13.8 Å². The first-order valence-electron chi connectivity index (χ1n) is 9.20. The molecule has 2 heterocycles. The van der Waals surface area contributed by atoms with Gasteiger partial charge in [0.05, 0.1) is 0 Å². The molecular weight excluding hydrogens is 336 g/mol. The Balaban J connectivity index is 1.67. The number of hydrogen-bond donors (Lipinski definition) is 1. The zero-order valence-electron chi connectivity index (χ0n) is 15.6. The topological polar surface area (TPSA) is 58.1 Å². The number of carbonyl (C=O) groups excluding carboxylic acids is 1. The predicted octanol–water partition coefficient (Wildman–Crippen LogP) is 4.43. The summed E-state index contributed by atoms with van der Waals surface area (Å²) in [6.07, 6.45) is 2.10. The number of nitrogens with zero attached hydrogens (tertiary/aromatic N) is 3. The van der Waals surface area contributed by atoms with Gasteiger partial charge in [-0.1, -0.05) is 36.4 Å². The van der Waals surface area contributed by atoms with Crippen LogP contribution in [0.15, 0.2) is 54.6 Å². The van der Waals surface area contributed by atoms with Crippen molar-refractivity contribution in [1.82, 2.24) is 9.97 Å². The van der Waals surface area contributed by atoms with Crippen LogP contribution in [0.25, 0.3) is 0 Å². The summed E-state index contributed by atoms with van der Waals surface area (Å²) in [6, 6.07) is 17.8. The largest absolute Gasteiger partial charge is 0.320 e. The molecular formula is C22H22N4O. The number of anilines is 3. The summed E-state index contributed by atoms with van der Waals surface area (Å²) in [5.41, 5.74) is 5.38. The number of nitrogens with one attached hydrogen (secondary N) is 1. The van der Waals surface area contributed by atoms with Crippen LogP contribution in [0.1, 0.15) is 33.7 Å². The number of aryl methyl sites for hydroxylation is 3. The molecule has 2 aromatic carbocycles. The van der Waals surface area contributed by atoms with Gasteiger partial charge in [0, 0.05) is 23.6 Å². The van der Waals surface area contributed by atoms with E-state index in [1.54, 1.807) is 6.07 Å². The minimum Gasteiger partial charge on any atom is -0.320 e. The van der Waals surface area contributed by atoms with Gasteiger partial charge in [-0.05, 0) is 56.0 Å². The molecule has 1 N–H and O–H groups in total. The van der Waals surface area contributed by atoms with Crippen molar-refractivity contribution in [2.45, 2.75) is 26.7 Å². The quantitative estimate of drug-likeness (QED) is 0.752. The fourth-order valence-corrected chi connectivity index (χ4v) is 3.43. The molecule has 1 amide bonds. The Morgan fingerprint density at radius 2 is 1.81 bits per heavy atom. The van der Waals surface area contributed by atoms with Crippen molar-refractivity contribution >= 4 is 23.2 Å². The van der Waals surface area contributed by atoms with Gasteiger partial charge in [-0.2, -0.15) is 0 Å². The van der Waals surface area contributed by atoms with Crippen LogP contribution in [-0.4, -0.2) is 22.4 Å². The van der Waals surface area contributed by atoms with Gasteiger partial charge in [-0.3, -0.25) is 4.79 Å². The standard InChI is InChI=1S/C22H22N4O/c1-15-8-3-5-11-18(15)24-21(27)19-14-16(2)23-22(25-19)26-13-7-10-17-9-4-6-12-20(17)26/h3-6,8-9,11-12,14H,7,10,13H2,1-2H3,(H,24,27). The summed E-state index contributed by atoms with van der Waals surface area (Å²) >= 11 is 0. The summed E-state index contributed by atoms with van der Waals surface area (Å²) in [5, 5.41) is 2.96. The Kier molecular flexibility index (Phi) is 4.59. The second-order valence-corrected chi connectivity index (χ2v) is 6.85. The number of benzene rings is 2. The molecule has 0 fully saturated rings. The lowest BCUT2D eigenvalue weighted by atomic mass is 10.0.